The number of hydrogen-bond acceptors (Lipinski definition) is 3. The molecule has 3 rings (SSSR count). The number of halogens is 1. The second-order valence-corrected chi connectivity index (χ2v) is 6.24. The van der Waals surface area contributed by atoms with Crippen molar-refractivity contribution in [3.8, 4) is 5.75 Å². The molecule has 0 heterocycles. The zero-order chi connectivity index (χ0) is 16.9. The summed E-state index contributed by atoms with van der Waals surface area (Å²) in [5, 5.41) is 6.12. The number of methoxy groups -OCH3 is 1. The Morgan fingerprint density at radius 3 is 2.50 bits per heavy atom. The molecule has 0 aromatic heterocycles. The lowest BCUT2D eigenvalue weighted by Gasteiger charge is -2.07. The van der Waals surface area contributed by atoms with Gasteiger partial charge in [-0.05, 0) is 52.2 Å². The highest BCUT2D eigenvalue weighted by atomic mass is 127. The molecular weight excluding hydrogens is 415 g/mol. The fraction of sp³-hybridized carbons (Fsp3) is 0.0526. The van der Waals surface area contributed by atoms with E-state index in [2.05, 4.69) is 33.1 Å². The van der Waals surface area contributed by atoms with E-state index in [0.29, 0.717) is 5.56 Å². The molecule has 4 nitrogen and oxygen atoms in total. The summed E-state index contributed by atoms with van der Waals surface area (Å²) in [6.07, 6.45) is 1.65. The highest BCUT2D eigenvalue weighted by Crippen LogP contribution is 2.27. The van der Waals surface area contributed by atoms with E-state index in [-0.39, 0.29) is 5.91 Å². The van der Waals surface area contributed by atoms with Crippen LogP contribution in [-0.2, 0) is 0 Å². The first-order valence-electron chi connectivity index (χ1n) is 7.34. The van der Waals surface area contributed by atoms with Crippen LogP contribution >= 0.6 is 22.6 Å². The number of carbonyl (C=O) groups is 1. The quantitative estimate of drug-likeness (QED) is 0.383. The number of amides is 1. The van der Waals surface area contributed by atoms with Crippen LogP contribution in [0.25, 0.3) is 10.8 Å². The van der Waals surface area contributed by atoms with Gasteiger partial charge < -0.3 is 4.74 Å². The first-order chi connectivity index (χ1) is 11.7. The molecule has 0 saturated heterocycles. The Morgan fingerprint density at radius 1 is 1.04 bits per heavy atom. The third-order valence-corrected chi connectivity index (χ3v) is 4.57. The van der Waals surface area contributed by atoms with Crippen LogP contribution in [0, 0.1) is 3.57 Å². The van der Waals surface area contributed by atoms with E-state index in [0.717, 1.165) is 25.7 Å². The van der Waals surface area contributed by atoms with Gasteiger partial charge in [0, 0.05) is 14.5 Å². The molecule has 0 atom stereocenters. The van der Waals surface area contributed by atoms with Gasteiger partial charge in [-0.2, -0.15) is 5.10 Å². The van der Waals surface area contributed by atoms with Crippen molar-refractivity contribution in [3.05, 3.63) is 75.4 Å². The van der Waals surface area contributed by atoms with Crippen LogP contribution in [0.15, 0.2) is 65.8 Å². The summed E-state index contributed by atoms with van der Waals surface area (Å²) in [6.45, 7) is 0. The number of ether oxygens (including phenoxy) is 1. The minimum absolute atomic E-state index is 0.228. The number of nitrogens with zero attached hydrogens (tertiary/aromatic N) is 1. The Labute approximate surface area is 153 Å². The highest BCUT2D eigenvalue weighted by Gasteiger charge is 2.08. The zero-order valence-corrected chi connectivity index (χ0v) is 15.2. The number of nitrogens with one attached hydrogen (secondary N) is 1. The van der Waals surface area contributed by atoms with Crippen molar-refractivity contribution in [2.75, 3.05) is 7.11 Å². The predicted octanol–water partition coefficient (Wildman–Crippen LogP) is 4.22. The van der Waals surface area contributed by atoms with Crippen molar-refractivity contribution in [2.24, 2.45) is 5.10 Å². The molecule has 5 heteroatoms. The zero-order valence-electron chi connectivity index (χ0n) is 13.0. The van der Waals surface area contributed by atoms with Crippen LogP contribution in [0.3, 0.4) is 0 Å². The largest absolute Gasteiger partial charge is 0.496 e. The summed E-state index contributed by atoms with van der Waals surface area (Å²) in [5.41, 5.74) is 4.09. The van der Waals surface area contributed by atoms with E-state index >= 15 is 0 Å². The SMILES string of the molecule is COc1ccc(/C=N/NC(=O)c2ccccc2I)c2ccccc12. The van der Waals surface area contributed by atoms with E-state index in [1.807, 2.05) is 54.6 Å². The lowest BCUT2D eigenvalue weighted by Crippen LogP contribution is -2.18. The van der Waals surface area contributed by atoms with Crippen molar-refractivity contribution >= 4 is 45.5 Å². The number of hydrazone groups is 1. The minimum atomic E-state index is -0.228. The molecule has 0 radical (unpaired) electrons. The summed E-state index contributed by atoms with van der Waals surface area (Å²) in [6, 6.07) is 19.1. The van der Waals surface area contributed by atoms with E-state index in [9.17, 15) is 4.79 Å². The summed E-state index contributed by atoms with van der Waals surface area (Å²) < 4.78 is 6.27. The van der Waals surface area contributed by atoms with Gasteiger partial charge in [0.1, 0.15) is 5.75 Å². The maximum absolute atomic E-state index is 12.2. The maximum Gasteiger partial charge on any atom is 0.272 e. The number of carbonyl (C=O) groups excluding carboxylic acids is 1. The van der Waals surface area contributed by atoms with Gasteiger partial charge in [-0.1, -0.05) is 36.4 Å². The average Bonchev–Trinajstić information content (AvgIpc) is 2.62. The standard InChI is InChI=1S/C19H15IN2O2/c1-24-18-11-10-13(14-6-2-3-7-15(14)18)12-21-22-19(23)16-8-4-5-9-17(16)20/h2-12H,1H3,(H,22,23)/b21-12+. The van der Waals surface area contributed by atoms with Crippen molar-refractivity contribution in [2.45, 2.75) is 0 Å². The molecule has 0 spiro atoms. The molecule has 1 N–H and O–H groups in total. The summed E-state index contributed by atoms with van der Waals surface area (Å²) in [7, 11) is 1.65. The van der Waals surface area contributed by atoms with Gasteiger partial charge in [-0.15, -0.1) is 0 Å². The number of hydrogen-bond donors (Lipinski definition) is 1. The van der Waals surface area contributed by atoms with E-state index in [4.69, 9.17) is 4.74 Å². The van der Waals surface area contributed by atoms with Crippen LogP contribution in [0.2, 0.25) is 0 Å². The molecule has 0 aliphatic rings. The highest BCUT2D eigenvalue weighted by molar-refractivity contribution is 14.1. The molecule has 0 aliphatic heterocycles. The number of fused-ring (bicyclic) bond motifs is 1. The van der Waals surface area contributed by atoms with Crippen LogP contribution in [0.4, 0.5) is 0 Å². The lowest BCUT2D eigenvalue weighted by atomic mass is 10.0. The van der Waals surface area contributed by atoms with Gasteiger partial charge in [-0.3, -0.25) is 4.79 Å². The smallest absolute Gasteiger partial charge is 0.272 e. The average molecular weight is 430 g/mol. The van der Waals surface area contributed by atoms with Gasteiger partial charge in [0.15, 0.2) is 0 Å². The Kier molecular flexibility index (Phi) is 5.10. The molecule has 24 heavy (non-hydrogen) atoms. The molecule has 1 amide bonds. The Morgan fingerprint density at radius 2 is 1.75 bits per heavy atom. The van der Waals surface area contributed by atoms with Crippen LogP contribution in [-0.4, -0.2) is 19.2 Å². The second kappa shape index (κ2) is 7.44. The Bertz CT molecular complexity index is 922. The van der Waals surface area contributed by atoms with Crippen molar-refractivity contribution in [3.63, 3.8) is 0 Å². The maximum atomic E-state index is 12.2. The molecule has 0 bridgehead atoms. The lowest BCUT2D eigenvalue weighted by molar-refractivity contribution is 0.0954. The Hall–Kier alpha value is -2.41. The summed E-state index contributed by atoms with van der Waals surface area (Å²) in [5.74, 6) is 0.583. The summed E-state index contributed by atoms with van der Waals surface area (Å²) >= 11 is 2.13. The fourth-order valence-corrected chi connectivity index (χ4v) is 3.08. The molecular formula is C19H15IN2O2. The Balaban J connectivity index is 1.84. The van der Waals surface area contributed by atoms with Gasteiger partial charge in [0.25, 0.3) is 5.91 Å². The first-order valence-corrected chi connectivity index (χ1v) is 8.42. The van der Waals surface area contributed by atoms with Gasteiger partial charge in [0.05, 0.1) is 18.9 Å². The molecule has 0 aliphatic carbocycles. The summed E-state index contributed by atoms with van der Waals surface area (Å²) in [4.78, 5) is 12.2. The minimum Gasteiger partial charge on any atom is -0.496 e. The third-order valence-electron chi connectivity index (χ3n) is 3.63. The first kappa shape index (κ1) is 16.4. The van der Waals surface area contributed by atoms with Gasteiger partial charge in [-0.25, -0.2) is 5.43 Å². The normalized spacial score (nSPS) is 10.9. The van der Waals surface area contributed by atoms with E-state index in [1.54, 1.807) is 19.4 Å². The van der Waals surface area contributed by atoms with Gasteiger partial charge >= 0.3 is 0 Å². The van der Waals surface area contributed by atoms with Crippen LogP contribution in [0.1, 0.15) is 15.9 Å². The third kappa shape index (κ3) is 3.41. The van der Waals surface area contributed by atoms with Crippen molar-refractivity contribution < 1.29 is 9.53 Å². The molecule has 0 fully saturated rings. The number of benzene rings is 3. The van der Waals surface area contributed by atoms with Crippen LogP contribution in [0.5, 0.6) is 5.75 Å². The van der Waals surface area contributed by atoms with Gasteiger partial charge in [0.2, 0.25) is 0 Å². The number of rotatable bonds is 4. The molecule has 120 valence electrons. The van der Waals surface area contributed by atoms with Crippen molar-refractivity contribution in [1.29, 1.82) is 0 Å². The van der Waals surface area contributed by atoms with Crippen LogP contribution < -0.4 is 10.2 Å². The molecule has 3 aromatic carbocycles. The second-order valence-electron chi connectivity index (χ2n) is 5.08. The molecule has 0 unspecified atom stereocenters. The molecule has 0 saturated carbocycles. The molecule has 3 aromatic rings. The monoisotopic (exact) mass is 430 g/mol. The van der Waals surface area contributed by atoms with Crippen molar-refractivity contribution in [1.82, 2.24) is 5.43 Å². The fourth-order valence-electron chi connectivity index (χ4n) is 2.45. The predicted molar refractivity (Wildman–Crippen MR) is 105 cm³/mol. The topological polar surface area (TPSA) is 50.7 Å². The van der Waals surface area contributed by atoms with E-state index in [1.165, 1.54) is 0 Å². The van der Waals surface area contributed by atoms with E-state index < -0.39 is 0 Å².